The first-order chi connectivity index (χ1) is 13.1. The Morgan fingerprint density at radius 1 is 0.964 bits per heavy atom. The Labute approximate surface area is 165 Å². The predicted octanol–water partition coefficient (Wildman–Crippen LogP) is 5.19. The van der Waals surface area contributed by atoms with Gasteiger partial charge in [0.05, 0.1) is 12.0 Å². The van der Waals surface area contributed by atoms with Crippen LogP contribution in [-0.4, -0.2) is 18.5 Å². The van der Waals surface area contributed by atoms with Crippen molar-refractivity contribution in [3.8, 4) is 28.4 Å². The Morgan fingerprint density at radius 3 is 2.11 bits per heavy atom. The summed E-state index contributed by atoms with van der Waals surface area (Å²) in [5.74, 6) is 0.678. The average molecular weight is 382 g/mol. The molecule has 0 N–H and O–H groups in total. The van der Waals surface area contributed by atoms with Crippen LogP contribution in [0.25, 0.3) is 11.1 Å². The Kier molecular flexibility index (Phi) is 6.62. The van der Waals surface area contributed by atoms with E-state index in [0.29, 0.717) is 29.4 Å². The van der Waals surface area contributed by atoms with Crippen LogP contribution in [0.1, 0.15) is 34.6 Å². The topological polar surface area (TPSA) is 61.8 Å². The first-order valence-electron chi connectivity index (χ1n) is 9.09. The zero-order valence-electron chi connectivity index (χ0n) is 17.0. The zero-order valence-corrected chi connectivity index (χ0v) is 17.0. The molecule has 0 amide bonds. The van der Waals surface area contributed by atoms with Crippen LogP contribution in [0.15, 0.2) is 54.6 Å². The molecule has 2 aromatic rings. The molecule has 2 aromatic carbocycles. The molecule has 0 bridgehead atoms. The van der Waals surface area contributed by atoms with E-state index in [1.165, 1.54) is 0 Å². The van der Waals surface area contributed by atoms with Crippen LogP contribution in [0.5, 0.6) is 17.2 Å². The third-order valence-corrected chi connectivity index (χ3v) is 3.80. The number of esters is 2. The maximum absolute atomic E-state index is 12.0. The zero-order chi connectivity index (χ0) is 20.9. The molecule has 0 saturated carbocycles. The van der Waals surface area contributed by atoms with Gasteiger partial charge >= 0.3 is 11.9 Å². The first kappa shape index (κ1) is 21.2. The van der Waals surface area contributed by atoms with Gasteiger partial charge in [0.2, 0.25) is 0 Å². The number of ether oxygens (including phenoxy) is 3. The first-order valence-corrected chi connectivity index (χ1v) is 9.09. The van der Waals surface area contributed by atoms with Gasteiger partial charge in [0.25, 0.3) is 0 Å². The Balaban J connectivity index is 2.27. The minimum Gasteiger partial charge on any atom is -0.493 e. The van der Waals surface area contributed by atoms with Crippen LogP contribution in [0.2, 0.25) is 0 Å². The second-order valence-corrected chi connectivity index (χ2v) is 7.42. The maximum atomic E-state index is 12.0. The molecule has 0 aliphatic carbocycles. The lowest BCUT2D eigenvalue weighted by molar-refractivity contribution is -0.143. The summed E-state index contributed by atoms with van der Waals surface area (Å²) in [5.41, 5.74) is 1.47. The van der Waals surface area contributed by atoms with E-state index in [9.17, 15) is 9.59 Å². The number of hydrogen-bond donors (Lipinski definition) is 0. The van der Waals surface area contributed by atoms with Gasteiger partial charge in [0.1, 0.15) is 17.2 Å². The number of hydrogen-bond acceptors (Lipinski definition) is 5. The Morgan fingerprint density at radius 2 is 1.57 bits per heavy atom. The van der Waals surface area contributed by atoms with Gasteiger partial charge in [-0.1, -0.05) is 18.7 Å². The van der Waals surface area contributed by atoms with E-state index in [4.69, 9.17) is 14.2 Å². The van der Waals surface area contributed by atoms with E-state index in [0.717, 1.165) is 11.1 Å². The third-order valence-electron chi connectivity index (χ3n) is 3.80. The molecule has 0 spiro atoms. The summed E-state index contributed by atoms with van der Waals surface area (Å²) >= 11 is 0. The van der Waals surface area contributed by atoms with Crippen LogP contribution in [0.3, 0.4) is 0 Å². The van der Waals surface area contributed by atoms with E-state index in [-0.39, 0.29) is 5.97 Å². The largest absolute Gasteiger partial charge is 0.493 e. The fourth-order valence-corrected chi connectivity index (χ4v) is 2.24. The summed E-state index contributed by atoms with van der Waals surface area (Å²) in [6, 6.07) is 12.4. The van der Waals surface area contributed by atoms with Gasteiger partial charge in [0.15, 0.2) is 0 Å². The third kappa shape index (κ3) is 5.46. The second-order valence-electron chi connectivity index (χ2n) is 7.42. The molecule has 28 heavy (non-hydrogen) atoms. The quantitative estimate of drug-likeness (QED) is 0.391. The highest BCUT2D eigenvalue weighted by atomic mass is 16.5. The van der Waals surface area contributed by atoms with Gasteiger partial charge in [-0.3, -0.25) is 4.79 Å². The summed E-state index contributed by atoms with van der Waals surface area (Å²) in [4.78, 5) is 23.7. The molecule has 0 aliphatic rings. The smallest absolute Gasteiger partial charge is 0.338 e. The monoisotopic (exact) mass is 382 g/mol. The minimum atomic E-state index is -0.572. The fourth-order valence-electron chi connectivity index (χ4n) is 2.24. The van der Waals surface area contributed by atoms with E-state index in [1.54, 1.807) is 52.0 Å². The molecular formula is C23H26O5. The van der Waals surface area contributed by atoms with E-state index in [2.05, 4.69) is 6.58 Å². The molecule has 0 saturated heterocycles. The molecular weight excluding hydrogens is 356 g/mol. The Hall–Kier alpha value is -3.08. The highest BCUT2D eigenvalue weighted by molar-refractivity contribution is 5.89. The molecule has 5 nitrogen and oxygen atoms in total. The van der Waals surface area contributed by atoms with Gasteiger partial charge in [-0.2, -0.15) is 0 Å². The van der Waals surface area contributed by atoms with Crippen molar-refractivity contribution in [3.63, 3.8) is 0 Å². The van der Waals surface area contributed by atoms with Crippen LogP contribution in [0.4, 0.5) is 0 Å². The van der Waals surface area contributed by atoms with Gasteiger partial charge in [-0.25, -0.2) is 4.79 Å². The van der Waals surface area contributed by atoms with E-state index in [1.807, 2.05) is 25.1 Å². The van der Waals surface area contributed by atoms with E-state index < -0.39 is 11.4 Å². The number of carbonyl (C=O) groups excluding carboxylic acids is 2. The average Bonchev–Trinajstić information content (AvgIpc) is 2.62. The number of rotatable bonds is 6. The van der Waals surface area contributed by atoms with Gasteiger partial charge in [-0.15, -0.1) is 0 Å². The summed E-state index contributed by atoms with van der Waals surface area (Å²) in [6.07, 6.45) is 0. The molecule has 148 valence electrons. The van der Waals surface area contributed by atoms with Crippen molar-refractivity contribution in [2.45, 2.75) is 34.6 Å². The molecule has 0 fully saturated rings. The summed E-state index contributed by atoms with van der Waals surface area (Å²) in [5, 5.41) is 0. The van der Waals surface area contributed by atoms with Crippen molar-refractivity contribution >= 4 is 11.9 Å². The van der Waals surface area contributed by atoms with Crippen molar-refractivity contribution in [2.75, 3.05) is 6.61 Å². The van der Waals surface area contributed by atoms with Crippen molar-refractivity contribution in [2.24, 2.45) is 5.41 Å². The van der Waals surface area contributed by atoms with Crippen molar-refractivity contribution in [1.29, 1.82) is 0 Å². The molecule has 0 atom stereocenters. The van der Waals surface area contributed by atoms with Crippen molar-refractivity contribution in [1.82, 2.24) is 0 Å². The molecule has 0 aromatic heterocycles. The summed E-state index contributed by atoms with van der Waals surface area (Å²) in [6.45, 7) is 12.9. The standard InChI is InChI=1S/C23H26O5/c1-7-26-20-14-18(27-21(24)15(2)3)12-13-19(20)16-8-10-17(11-9-16)28-22(25)23(4,5)6/h8-14H,2,7H2,1,3-6H3. The lowest BCUT2D eigenvalue weighted by Gasteiger charge is -2.16. The lowest BCUT2D eigenvalue weighted by atomic mass is 9.97. The van der Waals surface area contributed by atoms with Crippen LogP contribution in [0, 0.1) is 5.41 Å². The molecule has 0 radical (unpaired) electrons. The highest BCUT2D eigenvalue weighted by Crippen LogP contribution is 2.35. The SMILES string of the molecule is C=C(C)C(=O)Oc1ccc(-c2ccc(OC(=O)C(C)(C)C)cc2)c(OCC)c1. The van der Waals surface area contributed by atoms with Crippen molar-refractivity contribution in [3.05, 3.63) is 54.6 Å². The fraction of sp³-hybridized carbons (Fsp3) is 0.304. The summed E-state index contributed by atoms with van der Waals surface area (Å²) < 4.78 is 16.4. The van der Waals surface area contributed by atoms with Gasteiger partial charge in [0, 0.05) is 17.2 Å². The summed E-state index contributed by atoms with van der Waals surface area (Å²) in [7, 11) is 0. The second kappa shape index (κ2) is 8.74. The molecule has 5 heteroatoms. The van der Waals surface area contributed by atoms with E-state index >= 15 is 0 Å². The highest BCUT2D eigenvalue weighted by Gasteiger charge is 2.23. The van der Waals surface area contributed by atoms with Crippen molar-refractivity contribution < 1.29 is 23.8 Å². The normalized spacial score (nSPS) is 10.9. The van der Waals surface area contributed by atoms with Gasteiger partial charge < -0.3 is 14.2 Å². The number of carbonyl (C=O) groups is 2. The van der Waals surface area contributed by atoms with Gasteiger partial charge in [-0.05, 0) is 64.4 Å². The molecule has 0 unspecified atom stereocenters. The van der Waals surface area contributed by atoms with Crippen LogP contribution >= 0.6 is 0 Å². The molecule has 0 aliphatic heterocycles. The maximum Gasteiger partial charge on any atom is 0.338 e. The molecule has 0 heterocycles. The van der Waals surface area contributed by atoms with Crippen LogP contribution in [-0.2, 0) is 9.59 Å². The minimum absolute atomic E-state index is 0.293. The predicted molar refractivity (Wildman–Crippen MR) is 109 cm³/mol. The molecule has 2 rings (SSSR count). The Bertz CT molecular complexity index is 873. The lowest BCUT2D eigenvalue weighted by Crippen LogP contribution is -2.25. The number of benzene rings is 2. The van der Waals surface area contributed by atoms with Crippen LogP contribution < -0.4 is 14.2 Å².